The fourth-order valence-electron chi connectivity index (χ4n) is 2.26. The normalized spacial score (nSPS) is 11.0. The molecule has 0 atom stereocenters. The van der Waals surface area contributed by atoms with Gasteiger partial charge in [-0.2, -0.15) is 5.10 Å². The molecule has 5 nitrogen and oxygen atoms in total. The van der Waals surface area contributed by atoms with Crippen LogP contribution >= 0.6 is 11.3 Å². The van der Waals surface area contributed by atoms with Crippen LogP contribution in [0.4, 0.5) is 0 Å². The number of fused-ring (bicyclic) bond motifs is 1. The van der Waals surface area contributed by atoms with Gasteiger partial charge in [-0.25, -0.2) is 9.50 Å². The number of rotatable bonds is 4. The van der Waals surface area contributed by atoms with Gasteiger partial charge in [-0.05, 0) is 26.0 Å². The standard InChI is InChI=1S/C15H13N3O2S/c1-9-15(21-10(2)17-9)14(20)7-13(19)11-8-16-18-6-4-3-5-12(11)18/h3-6,8H,7H2,1-2H3. The van der Waals surface area contributed by atoms with E-state index in [0.717, 1.165) is 5.01 Å². The van der Waals surface area contributed by atoms with Crippen LogP contribution in [-0.4, -0.2) is 26.2 Å². The third kappa shape index (κ3) is 2.50. The quantitative estimate of drug-likeness (QED) is 0.549. The third-order valence-electron chi connectivity index (χ3n) is 3.20. The van der Waals surface area contributed by atoms with Crippen LogP contribution < -0.4 is 0 Å². The SMILES string of the molecule is Cc1nc(C)c(C(=O)CC(=O)c2cnn3ccccc23)s1. The van der Waals surface area contributed by atoms with Gasteiger partial charge in [0.1, 0.15) is 0 Å². The summed E-state index contributed by atoms with van der Waals surface area (Å²) >= 11 is 1.33. The van der Waals surface area contributed by atoms with Crippen molar-refractivity contribution in [3.63, 3.8) is 0 Å². The van der Waals surface area contributed by atoms with Crippen molar-refractivity contribution >= 4 is 28.4 Å². The average Bonchev–Trinajstić information content (AvgIpc) is 3.01. The van der Waals surface area contributed by atoms with Crippen molar-refractivity contribution in [2.45, 2.75) is 20.3 Å². The molecule has 0 bridgehead atoms. The predicted molar refractivity (Wildman–Crippen MR) is 80.1 cm³/mol. The fraction of sp³-hybridized carbons (Fsp3) is 0.200. The van der Waals surface area contributed by atoms with Crippen molar-refractivity contribution in [1.29, 1.82) is 0 Å². The minimum atomic E-state index is -0.216. The molecular formula is C15H13N3O2S. The Kier molecular flexibility index (Phi) is 3.39. The number of thiazole rings is 1. The molecule has 3 rings (SSSR count). The van der Waals surface area contributed by atoms with Gasteiger partial charge < -0.3 is 0 Å². The van der Waals surface area contributed by atoms with Crippen molar-refractivity contribution in [1.82, 2.24) is 14.6 Å². The second kappa shape index (κ2) is 5.21. The summed E-state index contributed by atoms with van der Waals surface area (Å²) in [6.45, 7) is 3.64. The zero-order chi connectivity index (χ0) is 15.0. The number of aryl methyl sites for hydroxylation is 2. The zero-order valence-electron chi connectivity index (χ0n) is 11.7. The first-order valence-corrected chi connectivity index (χ1v) is 7.30. The summed E-state index contributed by atoms with van der Waals surface area (Å²) in [6, 6.07) is 5.49. The van der Waals surface area contributed by atoms with Gasteiger partial charge in [0.2, 0.25) is 0 Å². The second-order valence-electron chi connectivity index (χ2n) is 4.76. The molecule has 0 radical (unpaired) electrons. The Morgan fingerprint density at radius 3 is 2.76 bits per heavy atom. The summed E-state index contributed by atoms with van der Waals surface area (Å²) in [6.07, 6.45) is 3.12. The highest BCUT2D eigenvalue weighted by Gasteiger charge is 2.20. The van der Waals surface area contributed by atoms with Gasteiger partial charge in [-0.3, -0.25) is 9.59 Å². The van der Waals surface area contributed by atoms with Crippen LogP contribution in [0.25, 0.3) is 5.52 Å². The van der Waals surface area contributed by atoms with Crippen LogP contribution in [0.2, 0.25) is 0 Å². The van der Waals surface area contributed by atoms with Gasteiger partial charge in [-0.1, -0.05) is 6.07 Å². The van der Waals surface area contributed by atoms with Gasteiger partial charge >= 0.3 is 0 Å². The number of hydrogen-bond acceptors (Lipinski definition) is 5. The Hall–Kier alpha value is -2.34. The Morgan fingerprint density at radius 1 is 1.24 bits per heavy atom. The predicted octanol–water partition coefficient (Wildman–Crippen LogP) is 2.86. The van der Waals surface area contributed by atoms with E-state index in [9.17, 15) is 9.59 Å². The van der Waals surface area contributed by atoms with E-state index in [0.29, 0.717) is 21.7 Å². The lowest BCUT2D eigenvalue weighted by Gasteiger charge is -1.99. The summed E-state index contributed by atoms with van der Waals surface area (Å²) < 4.78 is 1.62. The number of carbonyl (C=O) groups excluding carboxylic acids is 2. The average molecular weight is 299 g/mol. The topological polar surface area (TPSA) is 64.3 Å². The molecule has 0 amide bonds. The molecule has 6 heteroatoms. The van der Waals surface area contributed by atoms with Gasteiger partial charge in [0, 0.05) is 6.20 Å². The zero-order valence-corrected chi connectivity index (χ0v) is 12.5. The Morgan fingerprint density at radius 2 is 2.05 bits per heavy atom. The number of Topliss-reactive ketones (excluding diaryl/α,β-unsaturated/α-hetero) is 2. The maximum Gasteiger partial charge on any atom is 0.182 e. The lowest BCUT2D eigenvalue weighted by molar-refractivity contribution is 0.0897. The van der Waals surface area contributed by atoms with Crippen LogP contribution in [0, 0.1) is 13.8 Å². The largest absolute Gasteiger partial charge is 0.294 e. The molecule has 106 valence electrons. The van der Waals surface area contributed by atoms with E-state index in [1.807, 2.05) is 25.1 Å². The summed E-state index contributed by atoms with van der Waals surface area (Å²) in [4.78, 5) is 29.4. The number of carbonyl (C=O) groups is 2. The van der Waals surface area contributed by atoms with Crippen LogP contribution in [-0.2, 0) is 0 Å². The molecule has 0 saturated heterocycles. The molecule has 0 spiro atoms. The Balaban J connectivity index is 1.86. The van der Waals surface area contributed by atoms with Gasteiger partial charge in [-0.15, -0.1) is 11.3 Å². The molecule has 0 aliphatic rings. The van der Waals surface area contributed by atoms with Crippen molar-refractivity contribution < 1.29 is 9.59 Å². The number of pyridine rings is 1. The smallest absolute Gasteiger partial charge is 0.182 e. The van der Waals surface area contributed by atoms with Gasteiger partial charge in [0.05, 0.1) is 39.3 Å². The third-order valence-corrected chi connectivity index (χ3v) is 4.32. The first-order chi connectivity index (χ1) is 10.1. The van der Waals surface area contributed by atoms with Crippen LogP contribution in [0.5, 0.6) is 0 Å². The number of ketones is 2. The number of aromatic nitrogens is 3. The molecule has 3 heterocycles. The van der Waals surface area contributed by atoms with E-state index in [-0.39, 0.29) is 18.0 Å². The number of nitrogens with zero attached hydrogens (tertiary/aromatic N) is 3. The molecule has 0 fully saturated rings. The maximum absolute atomic E-state index is 12.3. The van der Waals surface area contributed by atoms with Crippen LogP contribution in [0.15, 0.2) is 30.6 Å². The second-order valence-corrected chi connectivity index (χ2v) is 5.96. The van der Waals surface area contributed by atoms with Crippen LogP contribution in [0.3, 0.4) is 0 Å². The molecule has 21 heavy (non-hydrogen) atoms. The highest BCUT2D eigenvalue weighted by atomic mass is 32.1. The van der Waals surface area contributed by atoms with Crippen molar-refractivity contribution in [2.24, 2.45) is 0 Å². The van der Waals surface area contributed by atoms with E-state index < -0.39 is 0 Å². The number of hydrogen-bond donors (Lipinski definition) is 0. The molecule has 0 aliphatic carbocycles. The molecule has 0 aliphatic heterocycles. The van der Waals surface area contributed by atoms with E-state index >= 15 is 0 Å². The molecule has 0 unspecified atom stereocenters. The molecule has 3 aromatic rings. The summed E-state index contributed by atoms with van der Waals surface area (Å²) in [7, 11) is 0. The minimum Gasteiger partial charge on any atom is -0.294 e. The van der Waals surface area contributed by atoms with Crippen molar-refractivity contribution in [3.05, 3.63) is 51.7 Å². The van der Waals surface area contributed by atoms with Crippen LogP contribution in [0.1, 0.15) is 37.2 Å². The molecule has 0 aromatic carbocycles. The lowest BCUT2D eigenvalue weighted by Crippen LogP contribution is -2.08. The van der Waals surface area contributed by atoms with Gasteiger partial charge in [0.25, 0.3) is 0 Å². The fourth-order valence-corrected chi connectivity index (χ4v) is 3.12. The molecule has 0 saturated carbocycles. The Labute approximate surface area is 125 Å². The van der Waals surface area contributed by atoms with E-state index in [4.69, 9.17) is 0 Å². The minimum absolute atomic E-state index is 0.154. The lowest BCUT2D eigenvalue weighted by atomic mass is 10.1. The van der Waals surface area contributed by atoms with E-state index in [2.05, 4.69) is 10.1 Å². The van der Waals surface area contributed by atoms with Crippen molar-refractivity contribution in [2.75, 3.05) is 0 Å². The highest BCUT2D eigenvalue weighted by molar-refractivity contribution is 7.13. The van der Waals surface area contributed by atoms with E-state index in [1.165, 1.54) is 17.5 Å². The summed E-state index contributed by atoms with van der Waals surface area (Å²) in [5.41, 5.74) is 1.88. The molecular weight excluding hydrogens is 286 g/mol. The monoisotopic (exact) mass is 299 g/mol. The maximum atomic E-state index is 12.3. The summed E-state index contributed by atoms with van der Waals surface area (Å²) in [5.74, 6) is -0.398. The van der Waals surface area contributed by atoms with Gasteiger partial charge in [0.15, 0.2) is 11.6 Å². The molecule has 0 N–H and O–H groups in total. The Bertz CT molecular complexity index is 848. The van der Waals surface area contributed by atoms with Crippen molar-refractivity contribution in [3.8, 4) is 0 Å². The summed E-state index contributed by atoms with van der Waals surface area (Å²) in [5, 5.41) is 4.95. The molecule has 3 aromatic heterocycles. The van der Waals surface area contributed by atoms with E-state index in [1.54, 1.807) is 17.6 Å². The first-order valence-electron chi connectivity index (χ1n) is 6.49. The first kappa shape index (κ1) is 13.6. The highest BCUT2D eigenvalue weighted by Crippen LogP contribution is 2.20.